The zero-order valence-electron chi connectivity index (χ0n) is 8.87. The molecule has 4 heteroatoms. The molecule has 0 unspecified atom stereocenters. The third kappa shape index (κ3) is 3.44. The SMILES string of the molecule is CCN(CC)c1cccc(OC(=O)Cl)c1. The van der Waals surface area contributed by atoms with Gasteiger partial charge in [0.25, 0.3) is 0 Å². The third-order valence-corrected chi connectivity index (χ3v) is 2.22. The molecule has 0 aliphatic heterocycles. The minimum atomic E-state index is -0.813. The van der Waals surface area contributed by atoms with Crippen molar-refractivity contribution in [2.24, 2.45) is 0 Å². The van der Waals surface area contributed by atoms with E-state index in [1.807, 2.05) is 12.1 Å². The molecule has 0 spiro atoms. The van der Waals surface area contributed by atoms with Crippen molar-refractivity contribution in [3.05, 3.63) is 24.3 Å². The van der Waals surface area contributed by atoms with Gasteiger partial charge in [0, 0.05) is 36.4 Å². The van der Waals surface area contributed by atoms with Crippen LogP contribution in [0.3, 0.4) is 0 Å². The molecule has 0 aromatic heterocycles. The van der Waals surface area contributed by atoms with Crippen LogP contribution < -0.4 is 9.64 Å². The van der Waals surface area contributed by atoms with Crippen LogP contribution in [0.15, 0.2) is 24.3 Å². The predicted molar refractivity (Wildman–Crippen MR) is 61.9 cm³/mol. The lowest BCUT2D eigenvalue weighted by Gasteiger charge is -2.21. The molecule has 0 aliphatic carbocycles. The number of halogens is 1. The van der Waals surface area contributed by atoms with Gasteiger partial charge >= 0.3 is 5.43 Å². The van der Waals surface area contributed by atoms with E-state index in [2.05, 4.69) is 18.7 Å². The molecule has 0 aliphatic rings. The number of ether oxygens (including phenoxy) is 1. The van der Waals surface area contributed by atoms with Gasteiger partial charge in [-0.2, -0.15) is 0 Å². The van der Waals surface area contributed by atoms with E-state index in [-0.39, 0.29) is 0 Å². The minimum absolute atomic E-state index is 0.472. The summed E-state index contributed by atoms with van der Waals surface area (Å²) in [7, 11) is 0. The Kier molecular flexibility index (Phi) is 4.43. The highest BCUT2D eigenvalue weighted by atomic mass is 35.5. The summed E-state index contributed by atoms with van der Waals surface area (Å²) < 4.78 is 4.79. The van der Waals surface area contributed by atoms with Crippen molar-refractivity contribution in [2.75, 3.05) is 18.0 Å². The van der Waals surface area contributed by atoms with Gasteiger partial charge in [-0.15, -0.1) is 0 Å². The fraction of sp³-hybridized carbons (Fsp3) is 0.364. The number of benzene rings is 1. The lowest BCUT2D eigenvalue weighted by molar-refractivity contribution is 0.225. The Bertz CT molecular complexity index is 337. The molecule has 1 rings (SSSR count). The topological polar surface area (TPSA) is 29.5 Å². The van der Waals surface area contributed by atoms with Crippen LogP contribution in [-0.4, -0.2) is 18.5 Å². The minimum Gasteiger partial charge on any atom is -0.414 e. The summed E-state index contributed by atoms with van der Waals surface area (Å²) in [6.07, 6.45) is 0. The van der Waals surface area contributed by atoms with Crippen LogP contribution in [0.4, 0.5) is 10.5 Å². The summed E-state index contributed by atoms with van der Waals surface area (Å²) >= 11 is 5.14. The Hall–Kier alpha value is -1.22. The van der Waals surface area contributed by atoms with Crippen LogP contribution >= 0.6 is 11.6 Å². The fourth-order valence-electron chi connectivity index (χ4n) is 1.43. The van der Waals surface area contributed by atoms with Crippen molar-refractivity contribution in [2.45, 2.75) is 13.8 Å². The van der Waals surface area contributed by atoms with Gasteiger partial charge in [0.2, 0.25) is 0 Å². The van der Waals surface area contributed by atoms with Crippen LogP contribution in [0.2, 0.25) is 0 Å². The Morgan fingerprint density at radius 3 is 2.60 bits per heavy atom. The molecule has 0 amide bonds. The summed E-state index contributed by atoms with van der Waals surface area (Å²) in [5, 5.41) is 0. The second kappa shape index (κ2) is 5.61. The Morgan fingerprint density at radius 2 is 2.07 bits per heavy atom. The molecule has 15 heavy (non-hydrogen) atoms. The number of carbonyl (C=O) groups is 1. The molecule has 0 N–H and O–H groups in total. The smallest absolute Gasteiger partial charge is 0.409 e. The molecule has 0 bridgehead atoms. The number of anilines is 1. The van der Waals surface area contributed by atoms with Gasteiger partial charge in [0.1, 0.15) is 5.75 Å². The number of carbonyl (C=O) groups excluding carboxylic acids is 1. The van der Waals surface area contributed by atoms with Crippen LogP contribution in [0.25, 0.3) is 0 Å². The highest BCUT2D eigenvalue weighted by Crippen LogP contribution is 2.21. The first-order valence-corrected chi connectivity index (χ1v) is 5.27. The first-order chi connectivity index (χ1) is 7.17. The lowest BCUT2D eigenvalue weighted by atomic mass is 10.2. The molecule has 1 aromatic carbocycles. The average Bonchev–Trinajstić information content (AvgIpc) is 2.19. The maximum absolute atomic E-state index is 10.6. The highest BCUT2D eigenvalue weighted by Gasteiger charge is 2.04. The molecule has 0 radical (unpaired) electrons. The summed E-state index contributed by atoms with van der Waals surface area (Å²) in [5.41, 5.74) is 0.210. The van der Waals surface area contributed by atoms with Crippen molar-refractivity contribution in [3.8, 4) is 5.75 Å². The number of rotatable bonds is 4. The maximum Gasteiger partial charge on any atom is 0.409 e. The summed E-state index contributed by atoms with van der Waals surface area (Å²) in [6, 6.07) is 7.31. The van der Waals surface area contributed by atoms with E-state index < -0.39 is 5.43 Å². The molecule has 82 valence electrons. The molecular weight excluding hydrogens is 214 g/mol. The fourth-order valence-corrected chi connectivity index (χ4v) is 1.51. The zero-order chi connectivity index (χ0) is 11.3. The van der Waals surface area contributed by atoms with Gasteiger partial charge in [-0.25, -0.2) is 4.79 Å². The van der Waals surface area contributed by atoms with E-state index >= 15 is 0 Å². The van der Waals surface area contributed by atoms with Gasteiger partial charge in [-0.1, -0.05) is 6.07 Å². The van der Waals surface area contributed by atoms with Crippen molar-refractivity contribution in [1.29, 1.82) is 0 Å². The van der Waals surface area contributed by atoms with E-state index in [1.165, 1.54) is 0 Å². The molecule has 3 nitrogen and oxygen atoms in total. The van der Waals surface area contributed by atoms with Gasteiger partial charge < -0.3 is 9.64 Å². The third-order valence-electron chi connectivity index (χ3n) is 2.14. The van der Waals surface area contributed by atoms with Crippen LogP contribution in [-0.2, 0) is 0 Å². The second-order valence-corrected chi connectivity index (χ2v) is 3.32. The molecule has 0 heterocycles. The van der Waals surface area contributed by atoms with Crippen molar-refractivity contribution >= 4 is 22.7 Å². The summed E-state index contributed by atoms with van der Waals surface area (Å²) in [4.78, 5) is 12.7. The standard InChI is InChI=1S/C11H14ClNO2/c1-3-13(4-2)9-6-5-7-10(8-9)15-11(12)14/h5-8H,3-4H2,1-2H3. The maximum atomic E-state index is 10.6. The van der Waals surface area contributed by atoms with Gasteiger partial charge in [-0.3, -0.25) is 0 Å². The van der Waals surface area contributed by atoms with E-state index in [0.717, 1.165) is 18.8 Å². The van der Waals surface area contributed by atoms with E-state index in [1.54, 1.807) is 12.1 Å². The molecule has 0 atom stereocenters. The number of hydrogen-bond acceptors (Lipinski definition) is 3. The highest BCUT2D eigenvalue weighted by molar-refractivity contribution is 6.61. The molecular formula is C11H14ClNO2. The van der Waals surface area contributed by atoms with E-state index in [0.29, 0.717) is 5.75 Å². The van der Waals surface area contributed by atoms with Gasteiger partial charge in [-0.05, 0) is 26.0 Å². The van der Waals surface area contributed by atoms with Crippen molar-refractivity contribution in [1.82, 2.24) is 0 Å². The van der Waals surface area contributed by atoms with Gasteiger partial charge in [0.15, 0.2) is 0 Å². The number of nitrogens with zero attached hydrogens (tertiary/aromatic N) is 1. The summed E-state index contributed by atoms with van der Waals surface area (Å²) in [6.45, 7) is 5.97. The normalized spacial score (nSPS) is 9.80. The monoisotopic (exact) mass is 227 g/mol. The summed E-state index contributed by atoms with van der Waals surface area (Å²) in [5.74, 6) is 0.472. The Balaban J connectivity index is 2.86. The van der Waals surface area contributed by atoms with Crippen LogP contribution in [0.5, 0.6) is 5.75 Å². The molecule has 0 saturated heterocycles. The van der Waals surface area contributed by atoms with Crippen molar-refractivity contribution < 1.29 is 9.53 Å². The van der Waals surface area contributed by atoms with E-state index in [4.69, 9.17) is 16.3 Å². The predicted octanol–water partition coefficient (Wildman–Crippen LogP) is 3.27. The second-order valence-electron chi connectivity index (χ2n) is 3.01. The lowest BCUT2D eigenvalue weighted by Crippen LogP contribution is -2.21. The van der Waals surface area contributed by atoms with Gasteiger partial charge in [0.05, 0.1) is 0 Å². The average molecular weight is 228 g/mol. The Labute approximate surface area is 94.6 Å². The largest absolute Gasteiger partial charge is 0.414 e. The van der Waals surface area contributed by atoms with Crippen molar-refractivity contribution in [3.63, 3.8) is 0 Å². The quantitative estimate of drug-likeness (QED) is 0.740. The Morgan fingerprint density at radius 1 is 1.40 bits per heavy atom. The molecule has 0 fully saturated rings. The van der Waals surface area contributed by atoms with Crippen LogP contribution in [0.1, 0.15) is 13.8 Å². The molecule has 0 saturated carbocycles. The first-order valence-electron chi connectivity index (χ1n) is 4.89. The zero-order valence-corrected chi connectivity index (χ0v) is 9.62. The van der Waals surface area contributed by atoms with E-state index in [9.17, 15) is 4.79 Å². The first kappa shape index (κ1) is 11.9. The van der Waals surface area contributed by atoms with Crippen LogP contribution in [0, 0.1) is 0 Å². The number of hydrogen-bond donors (Lipinski definition) is 0. The molecule has 1 aromatic rings.